The van der Waals surface area contributed by atoms with Crippen molar-refractivity contribution in [1.82, 2.24) is 5.32 Å². The molecule has 1 aromatic carbocycles. The highest BCUT2D eigenvalue weighted by Gasteiger charge is 2.13. The molecule has 0 spiro atoms. The molecule has 2 rings (SSSR count). The van der Waals surface area contributed by atoms with Crippen LogP contribution in [0.25, 0.3) is 0 Å². The van der Waals surface area contributed by atoms with Gasteiger partial charge in [0.2, 0.25) is 0 Å². The number of likely N-dealkylation sites (N-methyl/N-ethyl adjacent to an activating group) is 1. The number of halogens is 1. The molecule has 0 saturated heterocycles. The van der Waals surface area contributed by atoms with E-state index < -0.39 is 0 Å². The minimum atomic E-state index is 0.225. The zero-order valence-corrected chi connectivity index (χ0v) is 12.7. The highest BCUT2D eigenvalue weighted by atomic mass is 35.5. The predicted molar refractivity (Wildman–Crippen MR) is 82.4 cm³/mol. The van der Waals surface area contributed by atoms with Crippen LogP contribution in [0, 0.1) is 6.92 Å². The van der Waals surface area contributed by atoms with Gasteiger partial charge < -0.3 is 10.1 Å². The molecule has 0 aliphatic carbocycles. The first-order valence-electron chi connectivity index (χ1n) is 6.37. The number of rotatable bonds is 6. The molecule has 2 nitrogen and oxygen atoms in total. The van der Waals surface area contributed by atoms with Gasteiger partial charge in [-0.25, -0.2) is 0 Å². The molecule has 0 fully saturated rings. The van der Waals surface area contributed by atoms with Crippen LogP contribution < -0.4 is 10.1 Å². The fourth-order valence-corrected chi connectivity index (χ4v) is 2.98. The van der Waals surface area contributed by atoms with Crippen molar-refractivity contribution in [2.24, 2.45) is 0 Å². The third-order valence-corrected chi connectivity index (χ3v) is 4.12. The summed E-state index contributed by atoms with van der Waals surface area (Å²) in [6, 6.07) is 12.0. The Morgan fingerprint density at radius 1 is 1.32 bits per heavy atom. The van der Waals surface area contributed by atoms with Crippen molar-refractivity contribution < 1.29 is 4.74 Å². The second-order valence-corrected chi connectivity index (χ2v) is 6.08. The van der Waals surface area contributed by atoms with Crippen molar-refractivity contribution in [3.05, 3.63) is 51.2 Å². The second-order valence-electron chi connectivity index (χ2n) is 4.33. The summed E-state index contributed by atoms with van der Waals surface area (Å²) in [5.41, 5.74) is 0. The van der Waals surface area contributed by atoms with E-state index >= 15 is 0 Å². The highest BCUT2D eigenvalue weighted by Crippen LogP contribution is 2.24. The molecule has 1 aromatic heterocycles. The molecular formula is C15H18ClNOS. The summed E-state index contributed by atoms with van der Waals surface area (Å²) < 4.78 is 5.82. The van der Waals surface area contributed by atoms with Crippen molar-refractivity contribution in [3.8, 4) is 5.75 Å². The first-order valence-corrected chi connectivity index (χ1v) is 7.56. The summed E-state index contributed by atoms with van der Waals surface area (Å²) in [6.07, 6.45) is 0. The summed E-state index contributed by atoms with van der Waals surface area (Å²) in [7, 11) is 0. The zero-order valence-electron chi connectivity index (χ0n) is 11.2. The van der Waals surface area contributed by atoms with E-state index in [-0.39, 0.29) is 6.04 Å². The number of nitrogens with one attached hydrogen (secondary N) is 1. The van der Waals surface area contributed by atoms with Gasteiger partial charge in [0.15, 0.2) is 0 Å². The van der Waals surface area contributed by atoms with Crippen LogP contribution in [-0.4, -0.2) is 13.2 Å². The SMILES string of the molecule is CCNC(COc1cccc(Cl)c1)c1ccc(C)s1. The third kappa shape index (κ3) is 4.23. The topological polar surface area (TPSA) is 21.3 Å². The molecule has 1 atom stereocenters. The molecule has 0 aliphatic heterocycles. The summed E-state index contributed by atoms with van der Waals surface area (Å²) >= 11 is 7.75. The Hall–Kier alpha value is -1.03. The van der Waals surface area contributed by atoms with Gasteiger partial charge in [-0.2, -0.15) is 0 Å². The molecule has 0 amide bonds. The van der Waals surface area contributed by atoms with Gasteiger partial charge in [0.05, 0.1) is 6.04 Å². The number of hydrogen-bond donors (Lipinski definition) is 1. The fraction of sp³-hybridized carbons (Fsp3) is 0.333. The number of ether oxygens (including phenoxy) is 1. The van der Waals surface area contributed by atoms with Gasteiger partial charge in [-0.1, -0.05) is 24.6 Å². The van der Waals surface area contributed by atoms with Gasteiger partial charge in [0.1, 0.15) is 12.4 Å². The molecule has 2 aromatic rings. The Morgan fingerprint density at radius 2 is 2.16 bits per heavy atom. The monoisotopic (exact) mass is 295 g/mol. The van der Waals surface area contributed by atoms with Gasteiger partial charge in [-0.15, -0.1) is 11.3 Å². The van der Waals surface area contributed by atoms with Crippen molar-refractivity contribution in [3.63, 3.8) is 0 Å². The van der Waals surface area contributed by atoms with Gasteiger partial charge in [0.25, 0.3) is 0 Å². The Bertz CT molecular complexity index is 526. The minimum absolute atomic E-state index is 0.225. The summed E-state index contributed by atoms with van der Waals surface area (Å²) in [6.45, 7) is 5.75. The van der Waals surface area contributed by atoms with Gasteiger partial charge in [-0.05, 0) is 43.8 Å². The van der Waals surface area contributed by atoms with Crippen molar-refractivity contribution in [1.29, 1.82) is 0 Å². The van der Waals surface area contributed by atoms with Crippen LogP contribution in [0.5, 0.6) is 5.75 Å². The maximum absolute atomic E-state index is 5.95. The predicted octanol–water partition coefficient (Wildman–Crippen LogP) is 4.44. The van der Waals surface area contributed by atoms with E-state index in [1.807, 2.05) is 24.3 Å². The molecule has 4 heteroatoms. The lowest BCUT2D eigenvalue weighted by molar-refractivity contribution is 0.270. The lowest BCUT2D eigenvalue weighted by atomic mass is 10.2. The van der Waals surface area contributed by atoms with Gasteiger partial charge >= 0.3 is 0 Å². The largest absolute Gasteiger partial charge is 0.492 e. The Balaban J connectivity index is 2.01. The highest BCUT2D eigenvalue weighted by molar-refractivity contribution is 7.12. The quantitative estimate of drug-likeness (QED) is 0.851. The molecule has 102 valence electrons. The van der Waals surface area contributed by atoms with Crippen LogP contribution in [0.4, 0.5) is 0 Å². The van der Waals surface area contributed by atoms with Crippen LogP contribution >= 0.6 is 22.9 Å². The van der Waals surface area contributed by atoms with E-state index in [1.54, 1.807) is 11.3 Å². The standard InChI is InChI=1S/C15H18ClNOS/c1-3-17-14(15-8-7-11(2)19-15)10-18-13-6-4-5-12(16)9-13/h4-9,14,17H,3,10H2,1-2H3. The average Bonchev–Trinajstić information content (AvgIpc) is 2.81. The molecule has 1 N–H and O–H groups in total. The maximum atomic E-state index is 5.95. The van der Waals surface area contributed by atoms with E-state index in [4.69, 9.17) is 16.3 Å². The number of hydrogen-bond acceptors (Lipinski definition) is 3. The Kier molecular flexibility index (Phi) is 5.25. The average molecular weight is 296 g/mol. The third-order valence-electron chi connectivity index (χ3n) is 2.77. The molecule has 0 aliphatic rings. The van der Waals surface area contributed by atoms with Crippen LogP contribution in [0.15, 0.2) is 36.4 Å². The number of benzene rings is 1. The normalized spacial score (nSPS) is 12.4. The fourth-order valence-electron chi connectivity index (χ4n) is 1.87. The van der Waals surface area contributed by atoms with Crippen molar-refractivity contribution in [2.75, 3.05) is 13.2 Å². The summed E-state index contributed by atoms with van der Waals surface area (Å²) in [5.74, 6) is 0.809. The number of thiophene rings is 1. The lowest BCUT2D eigenvalue weighted by Gasteiger charge is -2.17. The Labute approximate surface area is 123 Å². The van der Waals surface area contributed by atoms with Crippen molar-refractivity contribution >= 4 is 22.9 Å². The second kappa shape index (κ2) is 6.94. The molecule has 0 bridgehead atoms. The molecule has 1 unspecified atom stereocenters. The van der Waals surface area contributed by atoms with E-state index in [0.29, 0.717) is 11.6 Å². The maximum Gasteiger partial charge on any atom is 0.120 e. The number of aryl methyl sites for hydroxylation is 1. The first-order chi connectivity index (χ1) is 9.19. The molecule has 0 saturated carbocycles. The van der Waals surface area contributed by atoms with E-state index in [2.05, 4.69) is 31.3 Å². The Morgan fingerprint density at radius 3 is 2.79 bits per heavy atom. The van der Waals surface area contributed by atoms with Crippen LogP contribution in [0.2, 0.25) is 5.02 Å². The molecule has 0 radical (unpaired) electrons. The summed E-state index contributed by atoms with van der Waals surface area (Å²) in [4.78, 5) is 2.63. The lowest BCUT2D eigenvalue weighted by Crippen LogP contribution is -2.25. The van der Waals surface area contributed by atoms with Crippen LogP contribution in [0.3, 0.4) is 0 Å². The first kappa shape index (κ1) is 14.4. The van der Waals surface area contributed by atoms with Crippen LogP contribution in [0.1, 0.15) is 22.7 Å². The van der Waals surface area contributed by atoms with E-state index in [1.165, 1.54) is 9.75 Å². The molecule has 1 heterocycles. The van der Waals surface area contributed by atoms with Crippen LogP contribution in [-0.2, 0) is 0 Å². The molecular weight excluding hydrogens is 278 g/mol. The zero-order chi connectivity index (χ0) is 13.7. The van der Waals surface area contributed by atoms with E-state index in [9.17, 15) is 0 Å². The van der Waals surface area contributed by atoms with Gasteiger partial charge in [0, 0.05) is 14.8 Å². The van der Waals surface area contributed by atoms with E-state index in [0.717, 1.165) is 12.3 Å². The smallest absolute Gasteiger partial charge is 0.120 e. The van der Waals surface area contributed by atoms with Crippen molar-refractivity contribution in [2.45, 2.75) is 19.9 Å². The summed E-state index contributed by atoms with van der Waals surface area (Å²) in [5, 5.41) is 4.15. The van der Waals surface area contributed by atoms with Gasteiger partial charge in [-0.3, -0.25) is 0 Å². The minimum Gasteiger partial charge on any atom is -0.492 e. The molecule has 19 heavy (non-hydrogen) atoms.